The van der Waals surface area contributed by atoms with Crippen molar-refractivity contribution < 1.29 is 17.6 Å². The highest BCUT2D eigenvalue weighted by Crippen LogP contribution is 2.19. The van der Waals surface area contributed by atoms with Crippen molar-refractivity contribution in [1.29, 1.82) is 0 Å². The van der Waals surface area contributed by atoms with Crippen LogP contribution in [-0.4, -0.2) is 50.4 Å². The Morgan fingerprint density at radius 3 is 2.58 bits per heavy atom. The third kappa shape index (κ3) is 4.67. The molecule has 138 valence electrons. The molecule has 0 atom stereocenters. The maximum Gasteiger partial charge on any atom is 0.243 e. The van der Waals surface area contributed by atoms with Gasteiger partial charge >= 0.3 is 0 Å². The predicted octanol–water partition coefficient (Wildman–Crippen LogP) is 1.62. The lowest BCUT2D eigenvalue weighted by Crippen LogP contribution is -2.40. The summed E-state index contributed by atoms with van der Waals surface area (Å²) < 4.78 is 36.8. The number of anilines is 1. The predicted molar refractivity (Wildman–Crippen MR) is 102 cm³/mol. The lowest BCUT2D eigenvalue weighted by molar-refractivity contribution is 0.0730. The zero-order chi connectivity index (χ0) is 18.4. The number of sulfonamides is 1. The van der Waals surface area contributed by atoms with Crippen LogP contribution in [0.4, 0.5) is 5.69 Å². The highest BCUT2D eigenvalue weighted by atomic mass is 32.2. The molecule has 1 saturated heterocycles. The number of morpholine rings is 1. The first-order valence-corrected chi connectivity index (χ1v) is 9.72. The molecule has 8 nitrogen and oxygen atoms in total. The molecule has 0 aliphatic carbocycles. The van der Waals surface area contributed by atoms with Gasteiger partial charge in [0.1, 0.15) is 5.76 Å². The van der Waals surface area contributed by atoms with Gasteiger partial charge < -0.3 is 14.5 Å². The summed E-state index contributed by atoms with van der Waals surface area (Å²) in [6, 6.07) is 9.90. The average Bonchev–Trinajstić information content (AvgIpc) is 3.16. The number of ether oxygens (including phenoxy) is 1. The summed E-state index contributed by atoms with van der Waals surface area (Å²) in [5, 5.41) is 7.14. The van der Waals surface area contributed by atoms with Gasteiger partial charge in [0.15, 0.2) is 5.11 Å². The van der Waals surface area contributed by atoms with E-state index in [1.54, 1.807) is 42.7 Å². The van der Waals surface area contributed by atoms with Gasteiger partial charge in [0.2, 0.25) is 10.0 Å². The van der Waals surface area contributed by atoms with Crippen molar-refractivity contribution in [2.24, 2.45) is 5.10 Å². The number of rotatable bonds is 5. The first-order chi connectivity index (χ1) is 12.6. The quantitative estimate of drug-likeness (QED) is 0.452. The van der Waals surface area contributed by atoms with E-state index in [4.69, 9.17) is 21.4 Å². The molecule has 0 unspecified atom stereocenters. The monoisotopic (exact) mass is 394 g/mol. The highest BCUT2D eigenvalue weighted by molar-refractivity contribution is 7.89. The number of nitrogens with zero attached hydrogens (tertiary/aromatic N) is 2. The molecule has 1 aromatic carbocycles. The van der Waals surface area contributed by atoms with E-state index in [2.05, 4.69) is 15.8 Å². The lowest BCUT2D eigenvalue weighted by Gasteiger charge is -2.26. The second kappa shape index (κ2) is 8.41. The molecule has 10 heteroatoms. The fraction of sp³-hybridized carbons (Fsp3) is 0.250. The summed E-state index contributed by atoms with van der Waals surface area (Å²) in [6.45, 7) is 1.56. The topological polar surface area (TPSA) is 96.2 Å². The van der Waals surface area contributed by atoms with Gasteiger partial charge in [0.25, 0.3) is 0 Å². The average molecular weight is 394 g/mol. The molecule has 2 N–H and O–H groups in total. The van der Waals surface area contributed by atoms with Crippen molar-refractivity contribution in [3.05, 3.63) is 48.4 Å². The Morgan fingerprint density at radius 2 is 1.92 bits per heavy atom. The number of furan rings is 1. The smallest absolute Gasteiger partial charge is 0.243 e. The van der Waals surface area contributed by atoms with Crippen LogP contribution in [0.15, 0.2) is 57.1 Å². The molecule has 0 radical (unpaired) electrons. The van der Waals surface area contributed by atoms with Crippen LogP contribution < -0.4 is 10.7 Å². The summed E-state index contributed by atoms with van der Waals surface area (Å²) in [7, 11) is -3.50. The van der Waals surface area contributed by atoms with E-state index in [9.17, 15) is 8.42 Å². The highest BCUT2D eigenvalue weighted by Gasteiger charge is 2.26. The molecular weight excluding hydrogens is 376 g/mol. The largest absolute Gasteiger partial charge is 0.463 e. The van der Waals surface area contributed by atoms with E-state index in [1.807, 2.05) is 0 Å². The Bertz CT molecular complexity index is 858. The number of benzene rings is 1. The molecule has 0 bridgehead atoms. The van der Waals surface area contributed by atoms with Gasteiger partial charge in [-0.3, -0.25) is 5.43 Å². The number of thiocarbonyl (C=S) groups is 1. The van der Waals surface area contributed by atoms with Crippen molar-refractivity contribution in [1.82, 2.24) is 9.73 Å². The number of hydrazone groups is 1. The molecule has 1 aliphatic heterocycles. The van der Waals surface area contributed by atoms with Gasteiger partial charge in [0.05, 0.1) is 30.6 Å². The fourth-order valence-corrected chi connectivity index (χ4v) is 3.90. The van der Waals surface area contributed by atoms with Crippen molar-refractivity contribution in [3.63, 3.8) is 0 Å². The maximum atomic E-state index is 12.6. The molecule has 3 rings (SSSR count). The minimum atomic E-state index is -3.50. The van der Waals surface area contributed by atoms with E-state index in [0.29, 0.717) is 37.8 Å². The third-order valence-corrected chi connectivity index (χ3v) is 5.73. The summed E-state index contributed by atoms with van der Waals surface area (Å²) in [5.41, 5.74) is 3.31. The van der Waals surface area contributed by atoms with Gasteiger partial charge in [-0.25, -0.2) is 8.42 Å². The second-order valence-corrected chi connectivity index (χ2v) is 7.73. The summed E-state index contributed by atoms with van der Waals surface area (Å²) in [6.07, 6.45) is 3.04. The molecule has 2 heterocycles. The zero-order valence-corrected chi connectivity index (χ0v) is 15.4. The lowest BCUT2D eigenvalue weighted by atomic mass is 10.3. The van der Waals surface area contributed by atoms with E-state index in [0.717, 1.165) is 0 Å². The molecule has 0 saturated carbocycles. The summed E-state index contributed by atoms with van der Waals surface area (Å²) in [4.78, 5) is 0.236. The number of hydrogen-bond donors (Lipinski definition) is 2. The standard InChI is InChI=1S/C16H18N4O4S2/c21-26(22,20-7-10-23-11-8-20)15-5-3-13(4-6-15)18-16(25)19-17-12-14-2-1-9-24-14/h1-6,9,12H,7-8,10-11H2,(H2,18,19,25)/b17-12+. The Kier molecular flexibility index (Phi) is 5.99. The number of hydrogen-bond acceptors (Lipinski definition) is 6. The zero-order valence-electron chi connectivity index (χ0n) is 13.8. The first kappa shape index (κ1) is 18.5. The van der Waals surface area contributed by atoms with Crippen LogP contribution in [0.2, 0.25) is 0 Å². The van der Waals surface area contributed by atoms with Crippen LogP contribution in [0.1, 0.15) is 5.76 Å². The molecule has 1 aromatic heterocycles. The van der Waals surface area contributed by atoms with Gasteiger partial charge in [0, 0.05) is 18.8 Å². The van der Waals surface area contributed by atoms with Crippen molar-refractivity contribution in [2.75, 3.05) is 31.6 Å². The summed E-state index contributed by atoms with van der Waals surface area (Å²) in [5.74, 6) is 0.595. The van der Waals surface area contributed by atoms with E-state index >= 15 is 0 Å². The Hall–Kier alpha value is -2.27. The molecule has 1 aliphatic rings. The normalized spacial score (nSPS) is 15.8. The van der Waals surface area contributed by atoms with E-state index in [-0.39, 0.29) is 10.0 Å². The van der Waals surface area contributed by atoms with Crippen molar-refractivity contribution >= 4 is 39.3 Å². The first-order valence-electron chi connectivity index (χ1n) is 7.87. The second-order valence-electron chi connectivity index (χ2n) is 5.38. The van der Waals surface area contributed by atoms with Gasteiger partial charge in [-0.05, 0) is 48.6 Å². The molecular formula is C16H18N4O4S2. The fourth-order valence-electron chi connectivity index (χ4n) is 2.32. The Balaban J connectivity index is 1.57. The molecule has 0 amide bonds. The number of nitrogens with one attached hydrogen (secondary N) is 2. The molecule has 0 spiro atoms. The van der Waals surface area contributed by atoms with Crippen molar-refractivity contribution in [3.8, 4) is 0 Å². The van der Waals surface area contributed by atoms with Crippen LogP contribution >= 0.6 is 12.2 Å². The van der Waals surface area contributed by atoms with Crippen LogP contribution in [0, 0.1) is 0 Å². The Morgan fingerprint density at radius 1 is 1.19 bits per heavy atom. The van der Waals surface area contributed by atoms with Gasteiger partial charge in [-0.2, -0.15) is 9.41 Å². The molecule has 1 fully saturated rings. The minimum Gasteiger partial charge on any atom is -0.463 e. The van der Waals surface area contributed by atoms with Crippen LogP contribution in [0.25, 0.3) is 0 Å². The maximum absolute atomic E-state index is 12.6. The Labute approximate surface area is 156 Å². The van der Waals surface area contributed by atoms with Crippen LogP contribution in [0.5, 0.6) is 0 Å². The van der Waals surface area contributed by atoms with Gasteiger partial charge in [-0.1, -0.05) is 0 Å². The van der Waals surface area contributed by atoms with Gasteiger partial charge in [-0.15, -0.1) is 0 Å². The van der Waals surface area contributed by atoms with Crippen LogP contribution in [0.3, 0.4) is 0 Å². The van der Waals surface area contributed by atoms with E-state index in [1.165, 1.54) is 10.5 Å². The van der Waals surface area contributed by atoms with E-state index < -0.39 is 10.0 Å². The van der Waals surface area contributed by atoms with Crippen LogP contribution in [-0.2, 0) is 14.8 Å². The summed E-state index contributed by atoms with van der Waals surface area (Å²) >= 11 is 5.13. The molecule has 26 heavy (non-hydrogen) atoms. The van der Waals surface area contributed by atoms with Crippen molar-refractivity contribution in [2.45, 2.75) is 4.90 Å². The minimum absolute atomic E-state index is 0.236. The third-order valence-electron chi connectivity index (χ3n) is 3.62. The molecule has 2 aromatic rings. The SMILES string of the molecule is O=S(=O)(c1ccc(NC(=S)N/N=C/c2ccco2)cc1)N1CCOCC1.